The van der Waals surface area contributed by atoms with Crippen LogP contribution in [0.4, 0.5) is 0 Å². The molecule has 1 heterocycles. The SMILES string of the molecule is CC.CC.CC.CC.Cc1ccc2cnccc2c1. The zero-order chi connectivity index (χ0) is 15.7. The molecule has 0 atom stereocenters. The van der Waals surface area contributed by atoms with Crippen LogP contribution in [0.25, 0.3) is 10.8 Å². The van der Waals surface area contributed by atoms with Crippen LogP contribution in [0.1, 0.15) is 61.0 Å². The van der Waals surface area contributed by atoms with E-state index >= 15 is 0 Å². The van der Waals surface area contributed by atoms with Gasteiger partial charge in [0, 0.05) is 17.8 Å². The van der Waals surface area contributed by atoms with Crippen molar-refractivity contribution in [2.45, 2.75) is 62.3 Å². The van der Waals surface area contributed by atoms with E-state index in [0.717, 1.165) is 0 Å². The number of nitrogens with zero attached hydrogens (tertiary/aromatic N) is 1. The van der Waals surface area contributed by atoms with Gasteiger partial charge in [-0.1, -0.05) is 79.2 Å². The van der Waals surface area contributed by atoms with Crippen molar-refractivity contribution < 1.29 is 0 Å². The highest BCUT2D eigenvalue weighted by atomic mass is 14.6. The van der Waals surface area contributed by atoms with Gasteiger partial charge >= 0.3 is 0 Å². The van der Waals surface area contributed by atoms with Gasteiger partial charge in [0.15, 0.2) is 0 Å². The monoisotopic (exact) mass is 263 g/mol. The Balaban J connectivity index is -0.000000278. The van der Waals surface area contributed by atoms with E-state index in [-0.39, 0.29) is 0 Å². The normalized spacial score (nSPS) is 7.21. The Morgan fingerprint density at radius 3 is 1.74 bits per heavy atom. The minimum absolute atomic E-state index is 1.21. The van der Waals surface area contributed by atoms with Crippen LogP contribution in [0.15, 0.2) is 36.7 Å². The molecule has 0 bridgehead atoms. The van der Waals surface area contributed by atoms with Crippen LogP contribution >= 0.6 is 0 Å². The summed E-state index contributed by atoms with van der Waals surface area (Å²) in [5.74, 6) is 0. The lowest BCUT2D eigenvalue weighted by Gasteiger charge is -1.96. The molecule has 0 amide bonds. The molecule has 0 aliphatic rings. The summed E-state index contributed by atoms with van der Waals surface area (Å²) in [6, 6.07) is 8.39. The van der Waals surface area contributed by atoms with E-state index in [1.54, 1.807) is 0 Å². The second kappa shape index (κ2) is 19.0. The first kappa shape index (κ1) is 22.8. The average Bonchev–Trinajstić information content (AvgIpc) is 2.55. The number of aromatic nitrogens is 1. The molecule has 0 saturated carbocycles. The van der Waals surface area contributed by atoms with Crippen LogP contribution in [0.5, 0.6) is 0 Å². The lowest BCUT2D eigenvalue weighted by Crippen LogP contribution is -1.75. The van der Waals surface area contributed by atoms with Crippen molar-refractivity contribution in [1.82, 2.24) is 4.98 Å². The molecular formula is C18H33N. The van der Waals surface area contributed by atoms with E-state index < -0.39 is 0 Å². The van der Waals surface area contributed by atoms with Gasteiger partial charge < -0.3 is 0 Å². The molecule has 1 aromatic heterocycles. The van der Waals surface area contributed by atoms with Crippen LogP contribution in [-0.4, -0.2) is 4.98 Å². The summed E-state index contributed by atoms with van der Waals surface area (Å²) >= 11 is 0. The maximum atomic E-state index is 4.04. The number of aryl methyl sites for hydroxylation is 1. The maximum Gasteiger partial charge on any atom is 0.0346 e. The number of pyridine rings is 1. The molecule has 0 aliphatic carbocycles. The standard InChI is InChI=1S/C10H9N.4C2H6/c1-8-2-3-10-7-11-5-4-9(10)6-8;4*1-2/h2-7H,1H3;4*1-2H3. The summed E-state index contributed by atoms with van der Waals surface area (Å²) in [7, 11) is 0. The Bertz CT molecular complexity index is 380. The zero-order valence-corrected chi connectivity index (χ0v) is 14.4. The number of hydrogen-bond donors (Lipinski definition) is 0. The fraction of sp³-hybridized carbons (Fsp3) is 0.500. The number of rotatable bonds is 0. The second-order valence-electron chi connectivity index (χ2n) is 2.73. The van der Waals surface area contributed by atoms with E-state index in [2.05, 4.69) is 30.1 Å². The molecule has 0 N–H and O–H groups in total. The van der Waals surface area contributed by atoms with Crippen LogP contribution in [0.3, 0.4) is 0 Å². The van der Waals surface area contributed by atoms with Gasteiger partial charge in [0.2, 0.25) is 0 Å². The molecule has 2 rings (SSSR count). The van der Waals surface area contributed by atoms with Gasteiger partial charge in [-0.15, -0.1) is 0 Å². The Labute approximate surface area is 121 Å². The van der Waals surface area contributed by atoms with Crippen molar-refractivity contribution in [1.29, 1.82) is 0 Å². The van der Waals surface area contributed by atoms with E-state index in [0.29, 0.717) is 0 Å². The summed E-state index contributed by atoms with van der Waals surface area (Å²) in [4.78, 5) is 4.04. The molecule has 0 unspecified atom stereocenters. The molecule has 0 spiro atoms. The first-order valence-electron chi connectivity index (χ1n) is 7.67. The second-order valence-corrected chi connectivity index (χ2v) is 2.73. The third-order valence-electron chi connectivity index (χ3n) is 1.80. The fourth-order valence-electron chi connectivity index (χ4n) is 1.20. The van der Waals surface area contributed by atoms with Gasteiger partial charge in [-0.3, -0.25) is 4.98 Å². The molecule has 1 heteroatoms. The van der Waals surface area contributed by atoms with Crippen molar-refractivity contribution in [3.05, 3.63) is 42.2 Å². The summed E-state index contributed by atoms with van der Waals surface area (Å²) in [6.45, 7) is 18.1. The van der Waals surface area contributed by atoms with Crippen molar-refractivity contribution in [3.8, 4) is 0 Å². The number of benzene rings is 1. The Morgan fingerprint density at radius 2 is 1.21 bits per heavy atom. The van der Waals surface area contributed by atoms with Crippen LogP contribution in [0, 0.1) is 6.92 Å². The third kappa shape index (κ3) is 10.3. The largest absolute Gasteiger partial charge is 0.264 e. The lowest BCUT2D eigenvalue weighted by atomic mass is 10.1. The van der Waals surface area contributed by atoms with Gasteiger partial charge in [0.1, 0.15) is 0 Å². The molecule has 0 aliphatic heterocycles. The first-order valence-corrected chi connectivity index (χ1v) is 7.67. The predicted octanol–water partition coefficient (Wildman–Crippen LogP) is 6.65. The van der Waals surface area contributed by atoms with Crippen molar-refractivity contribution in [2.24, 2.45) is 0 Å². The van der Waals surface area contributed by atoms with Gasteiger partial charge in [-0.25, -0.2) is 0 Å². The van der Waals surface area contributed by atoms with Crippen molar-refractivity contribution in [2.75, 3.05) is 0 Å². The van der Waals surface area contributed by atoms with Crippen molar-refractivity contribution >= 4 is 10.8 Å². The van der Waals surface area contributed by atoms with E-state index in [1.807, 2.05) is 73.8 Å². The molecule has 19 heavy (non-hydrogen) atoms. The van der Waals surface area contributed by atoms with E-state index in [9.17, 15) is 0 Å². The maximum absolute atomic E-state index is 4.04. The smallest absolute Gasteiger partial charge is 0.0346 e. The summed E-state index contributed by atoms with van der Waals surface area (Å²) in [5.41, 5.74) is 1.30. The van der Waals surface area contributed by atoms with Gasteiger partial charge in [0.05, 0.1) is 0 Å². The fourth-order valence-corrected chi connectivity index (χ4v) is 1.20. The number of fused-ring (bicyclic) bond motifs is 1. The minimum atomic E-state index is 1.21. The van der Waals surface area contributed by atoms with E-state index in [1.165, 1.54) is 16.3 Å². The Hall–Kier alpha value is -1.37. The molecule has 1 nitrogen and oxygen atoms in total. The molecule has 0 fully saturated rings. The van der Waals surface area contributed by atoms with Crippen LogP contribution < -0.4 is 0 Å². The third-order valence-corrected chi connectivity index (χ3v) is 1.80. The highest BCUT2D eigenvalue weighted by molar-refractivity contribution is 5.81. The lowest BCUT2D eigenvalue weighted by molar-refractivity contribution is 1.36. The topological polar surface area (TPSA) is 12.9 Å². The van der Waals surface area contributed by atoms with Crippen molar-refractivity contribution in [3.63, 3.8) is 0 Å². The Morgan fingerprint density at radius 1 is 0.684 bits per heavy atom. The molecule has 1 aromatic carbocycles. The quantitative estimate of drug-likeness (QED) is 0.518. The molecular weight excluding hydrogens is 230 g/mol. The van der Waals surface area contributed by atoms with Gasteiger partial charge in [0.25, 0.3) is 0 Å². The molecule has 0 saturated heterocycles. The summed E-state index contributed by atoms with van der Waals surface area (Å²) in [5, 5.41) is 2.47. The van der Waals surface area contributed by atoms with Crippen LogP contribution in [-0.2, 0) is 0 Å². The van der Waals surface area contributed by atoms with Gasteiger partial charge in [-0.2, -0.15) is 0 Å². The molecule has 110 valence electrons. The average molecular weight is 263 g/mol. The Kier molecular flexibility index (Phi) is 22.8. The van der Waals surface area contributed by atoms with Gasteiger partial charge in [-0.05, 0) is 18.4 Å². The molecule has 0 radical (unpaired) electrons. The predicted molar refractivity (Wildman–Crippen MR) is 91.9 cm³/mol. The highest BCUT2D eigenvalue weighted by Crippen LogP contribution is 2.12. The zero-order valence-electron chi connectivity index (χ0n) is 14.4. The summed E-state index contributed by atoms with van der Waals surface area (Å²) < 4.78 is 0. The summed E-state index contributed by atoms with van der Waals surface area (Å²) in [6.07, 6.45) is 3.70. The number of hydrogen-bond acceptors (Lipinski definition) is 1. The minimum Gasteiger partial charge on any atom is -0.264 e. The first-order chi connectivity index (χ1) is 9.36. The van der Waals surface area contributed by atoms with Crippen LogP contribution in [0.2, 0.25) is 0 Å². The highest BCUT2D eigenvalue weighted by Gasteiger charge is 1.90. The molecule has 2 aromatic rings. The van der Waals surface area contributed by atoms with E-state index in [4.69, 9.17) is 0 Å².